The minimum atomic E-state index is 0.0508. The molecule has 0 bridgehead atoms. The molecule has 100 valence electrons. The predicted octanol–water partition coefficient (Wildman–Crippen LogP) is 4.11. The summed E-state index contributed by atoms with van der Waals surface area (Å²) in [5.74, 6) is 0.0508. The first kappa shape index (κ1) is 15.1. The van der Waals surface area contributed by atoms with Gasteiger partial charge < -0.3 is 5.32 Å². The zero-order chi connectivity index (χ0) is 13.4. The molecule has 2 nitrogen and oxygen atoms in total. The first-order valence-corrected chi connectivity index (χ1v) is 7.57. The predicted molar refractivity (Wildman–Crippen MR) is 79.3 cm³/mol. The van der Waals surface area contributed by atoms with Crippen molar-refractivity contribution in [2.45, 2.75) is 50.2 Å². The second-order valence-electron chi connectivity index (χ2n) is 4.63. The van der Waals surface area contributed by atoms with E-state index in [9.17, 15) is 4.79 Å². The molecule has 0 radical (unpaired) electrons. The highest BCUT2D eigenvalue weighted by Gasteiger charge is 2.11. The minimum absolute atomic E-state index is 0.0508. The van der Waals surface area contributed by atoms with Crippen molar-refractivity contribution in [2.75, 3.05) is 6.54 Å². The normalized spacial score (nSPS) is 10.7. The van der Waals surface area contributed by atoms with Gasteiger partial charge in [-0.05, 0) is 18.6 Å². The van der Waals surface area contributed by atoms with E-state index < -0.39 is 0 Å². The van der Waals surface area contributed by atoms with E-state index >= 15 is 0 Å². The highest BCUT2D eigenvalue weighted by atomic mass is 32.2. The van der Waals surface area contributed by atoms with Crippen molar-refractivity contribution in [1.29, 1.82) is 0 Å². The summed E-state index contributed by atoms with van der Waals surface area (Å²) in [6, 6.07) is 7.83. The Morgan fingerprint density at radius 1 is 1.28 bits per heavy atom. The number of thioether (sulfide) groups is 1. The van der Waals surface area contributed by atoms with Gasteiger partial charge in [-0.25, -0.2) is 0 Å². The summed E-state index contributed by atoms with van der Waals surface area (Å²) < 4.78 is 0. The fraction of sp³-hybridized carbons (Fsp3) is 0.533. The summed E-state index contributed by atoms with van der Waals surface area (Å²) in [4.78, 5) is 13.2. The van der Waals surface area contributed by atoms with Crippen LogP contribution >= 0.6 is 11.8 Å². The van der Waals surface area contributed by atoms with Crippen LogP contribution < -0.4 is 5.32 Å². The van der Waals surface area contributed by atoms with Gasteiger partial charge in [0.2, 0.25) is 0 Å². The van der Waals surface area contributed by atoms with Gasteiger partial charge >= 0.3 is 0 Å². The smallest absolute Gasteiger partial charge is 0.252 e. The molecule has 18 heavy (non-hydrogen) atoms. The van der Waals surface area contributed by atoms with Gasteiger partial charge in [0.15, 0.2) is 0 Å². The van der Waals surface area contributed by atoms with Crippen LogP contribution in [-0.4, -0.2) is 17.7 Å². The van der Waals surface area contributed by atoms with Crippen molar-refractivity contribution in [3.8, 4) is 0 Å². The average Bonchev–Trinajstić information content (AvgIpc) is 2.34. The fourth-order valence-corrected chi connectivity index (χ4v) is 2.64. The Morgan fingerprint density at radius 3 is 2.67 bits per heavy atom. The maximum atomic E-state index is 12.1. The van der Waals surface area contributed by atoms with Gasteiger partial charge in [-0.2, -0.15) is 0 Å². The SMILES string of the molecule is CCCCCNC(=O)c1ccccc1SC(C)C. The molecular formula is C15H23NOS. The van der Waals surface area contributed by atoms with E-state index in [1.165, 1.54) is 12.8 Å². The van der Waals surface area contributed by atoms with Crippen LogP contribution in [0.5, 0.6) is 0 Å². The Morgan fingerprint density at radius 2 is 2.00 bits per heavy atom. The molecule has 0 saturated carbocycles. The second kappa shape index (κ2) is 8.20. The Labute approximate surface area is 115 Å². The standard InChI is InChI=1S/C15H23NOS/c1-4-5-8-11-16-15(17)13-9-6-7-10-14(13)18-12(2)3/h6-7,9-10,12H,4-5,8,11H2,1-3H3,(H,16,17). The minimum Gasteiger partial charge on any atom is -0.352 e. The summed E-state index contributed by atoms with van der Waals surface area (Å²) in [5, 5.41) is 3.48. The van der Waals surface area contributed by atoms with Crippen molar-refractivity contribution >= 4 is 17.7 Å². The topological polar surface area (TPSA) is 29.1 Å². The van der Waals surface area contributed by atoms with Crippen LogP contribution in [0.25, 0.3) is 0 Å². The molecule has 0 aromatic heterocycles. The van der Waals surface area contributed by atoms with E-state index in [-0.39, 0.29) is 5.91 Å². The van der Waals surface area contributed by atoms with Gasteiger partial charge in [-0.15, -0.1) is 11.8 Å². The third-order valence-electron chi connectivity index (χ3n) is 2.56. The molecular weight excluding hydrogens is 242 g/mol. The van der Waals surface area contributed by atoms with Gasteiger partial charge in [0, 0.05) is 16.7 Å². The Kier molecular flexibility index (Phi) is 6.88. The molecule has 0 atom stereocenters. The van der Waals surface area contributed by atoms with Gasteiger partial charge in [0.1, 0.15) is 0 Å². The van der Waals surface area contributed by atoms with Crippen LogP contribution in [0, 0.1) is 0 Å². The molecule has 0 heterocycles. The number of benzene rings is 1. The lowest BCUT2D eigenvalue weighted by molar-refractivity contribution is 0.0950. The summed E-state index contributed by atoms with van der Waals surface area (Å²) >= 11 is 1.74. The van der Waals surface area contributed by atoms with E-state index in [1.807, 2.05) is 24.3 Å². The van der Waals surface area contributed by atoms with E-state index in [0.29, 0.717) is 5.25 Å². The summed E-state index contributed by atoms with van der Waals surface area (Å²) in [6.07, 6.45) is 3.40. The molecule has 0 saturated heterocycles. The number of nitrogens with one attached hydrogen (secondary N) is 1. The number of amides is 1. The van der Waals surface area contributed by atoms with Crippen LogP contribution in [0.3, 0.4) is 0 Å². The molecule has 0 aliphatic heterocycles. The lowest BCUT2D eigenvalue weighted by Crippen LogP contribution is -2.25. The molecule has 1 amide bonds. The Balaban J connectivity index is 2.61. The van der Waals surface area contributed by atoms with Crippen LogP contribution in [0.2, 0.25) is 0 Å². The first-order chi connectivity index (χ1) is 8.65. The third kappa shape index (κ3) is 5.13. The zero-order valence-electron chi connectivity index (χ0n) is 11.5. The second-order valence-corrected chi connectivity index (χ2v) is 6.24. The summed E-state index contributed by atoms with van der Waals surface area (Å²) in [7, 11) is 0. The van der Waals surface area contributed by atoms with Gasteiger partial charge in [-0.3, -0.25) is 4.79 Å². The van der Waals surface area contributed by atoms with Crippen molar-refractivity contribution in [1.82, 2.24) is 5.32 Å². The summed E-state index contributed by atoms with van der Waals surface area (Å²) in [6.45, 7) is 7.21. The van der Waals surface area contributed by atoms with E-state index in [1.54, 1.807) is 11.8 Å². The molecule has 1 rings (SSSR count). The number of carbonyl (C=O) groups is 1. The van der Waals surface area contributed by atoms with Crippen LogP contribution in [-0.2, 0) is 0 Å². The number of carbonyl (C=O) groups excluding carboxylic acids is 1. The third-order valence-corrected chi connectivity index (χ3v) is 3.64. The molecule has 1 aromatic rings. The molecule has 0 unspecified atom stereocenters. The largest absolute Gasteiger partial charge is 0.352 e. The quantitative estimate of drug-likeness (QED) is 0.594. The van der Waals surface area contributed by atoms with Gasteiger partial charge in [0.05, 0.1) is 5.56 Å². The number of rotatable bonds is 7. The van der Waals surface area contributed by atoms with E-state index in [0.717, 1.165) is 23.4 Å². The highest BCUT2D eigenvalue weighted by Crippen LogP contribution is 2.26. The van der Waals surface area contributed by atoms with E-state index in [4.69, 9.17) is 0 Å². The number of unbranched alkanes of at least 4 members (excludes halogenated alkanes) is 2. The molecule has 0 aliphatic carbocycles. The van der Waals surface area contributed by atoms with Crippen molar-refractivity contribution in [2.24, 2.45) is 0 Å². The lowest BCUT2D eigenvalue weighted by atomic mass is 10.2. The Bertz CT molecular complexity index is 377. The number of hydrogen-bond donors (Lipinski definition) is 1. The zero-order valence-corrected chi connectivity index (χ0v) is 12.3. The molecule has 1 aromatic carbocycles. The van der Waals surface area contributed by atoms with Crippen LogP contribution in [0.1, 0.15) is 50.4 Å². The first-order valence-electron chi connectivity index (χ1n) is 6.69. The fourth-order valence-electron chi connectivity index (χ4n) is 1.68. The maximum Gasteiger partial charge on any atom is 0.252 e. The number of hydrogen-bond acceptors (Lipinski definition) is 2. The summed E-state index contributed by atoms with van der Waals surface area (Å²) in [5.41, 5.74) is 0.799. The van der Waals surface area contributed by atoms with Crippen molar-refractivity contribution in [3.63, 3.8) is 0 Å². The molecule has 0 spiro atoms. The van der Waals surface area contributed by atoms with Crippen LogP contribution in [0.4, 0.5) is 0 Å². The van der Waals surface area contributed by atoms with E-state index in [2.05, 4.69) is 26.1 Å². The monoisotopic (exact) mass is 265 g/mol. The highest BCUT2D eigenvalue weighted by molar-refractivity contribution is 8.00. The van der Waals surface area contributed by atoms with Crippen molar-refractivity contribution in [3.05, 3.63) is 29.8 Å². The maximum absolute atomic E-state index is 12.1. The molecule has 0 aliphatic rings. The Hall–Kier alpha value is -0.960. The van der Waals surface area contributed by atoms with Gasteiger partial charge in [-0.1, -0.05) is 45.7 Å². The van der Waals surface area contributed by atoms with Gasteiger partial charge in [0.25, 0.3) is 5.91 Å². The van der Waals surface area contributed by atoms with Crippen molar-refractivity contribution < 1.29 is 4.79 Å². The average molecular weight is 265 g/mol. The molecule has 0 fully saturated rings. The lowest BCUT2D eigenvalue weighted by Gasteiger charge is -2.11. The van der Waals surface area contributed by atoms with Crippen LogP contribution in [0.15, 0.2) is 29.2 Å². The molecule has 3 heteroatoms. The molecule has 1 N–H and O–H groups in total.